The van der Waals surface area contributed by atoms with Gasteiger partial charge < -0.3 is 10.5 Å². The number of nitrogens with two attached hydrogens (primary N) is 1. The predicted octanol–water partition coefficient (Wildman–Crippen LogP) is 3.62. The topological polar surface area (TPSA) is 35.2 Å². The summed E-state index contributed by atoms with van der Waals surface area (Å²) in [5, 5.41) is 0. The van der Waals surface area contributed by atoms with E-state index >= 15 is 0 Å². The molecule has 2 N–H and O–H groups in total. The fourth-order valence-corrected chi connectivity index (χ4v) is 2.73. The molecule has 0 aliphatic carbocycles. The fourth-order valence-electron chi connectivity index (χ4n) is 2.73. The molecular formula is C18H21NO. The van der Waals surface area contributed by atoms with E-state index in [0.717, 1.165) is 31.6 Å². The van der Waals surface area contributed by atoms with Crippen LogP contribution in [0.5, 0.6) is 5.75 Å². The Balaban J connectivity index is 1.87. The number of rotatable bonds is 3. The van der Waals surface area contributed by atoms with E-state index in [0.29, 0.717) is 0 Å². The van der Waals surface area contributed by atoms with Crippen LogP contribution >= 0.6 is 0 Å². The molecule has 0 amide bonds. The summed E-state index contributed by atoms with van der Waals surface area (Å²) in [6.07, 6.45) is 3.24. The lowest BCUT2D eigenvalue weighted by atomic mass is 9.95. The van der Waals surface area contributed by atoms with Crippen molar-refractivity contribution in [2.75, 3.05) is 6.61 Å². The van der Waals surface area contributed by atoms with E-state index in [-0.39, 0.29) is 6.04 Å². The second kappa shape index (κ2) is 5.68. The zero-order chi connectivity index (χ0) is 13.9. The number of hydrogen-bond acceptors (Lipinski definition) is 2. The fraction of sp³-hybridized carbons (Fsp3) is 0.333. The van der Waals surface area contributed by atoms with E-state index < -0.39 is 0 Å². The van der Waals surface area contributed by atoms with Crippen LogP contribution in [-0.4, -0.2) is 6.61 Å². The maximum atomic E-state index is 6.40. The molecule has 0 spiro atoms. The molecule has 1 heterocycles. The monoisotopic (exact) mass is 267 g/mol. The van der Waals surface area contributed by atoms with E-state index in [1.807, 2.05) is 0 Å². The quantitative estimate of drug-likeness (QED) is 0.921. The minimum Gasteiger partial charge on any atom is -0.493 e. The van der Waals surface area contributed by atoms with Crippen molar-refractivity contribution in [1.29, 1.82) is 0 Å². The van der Waals surface area contributed by atoms with Crippen LogP contribution in [0.1, 0.15) is 41.6 Å². The summed E-state index contributed by atoms with van der Waals surface area (Å²) in [5.41, 5.74) is 11.4. The average molecular weight is 267 g/mol. The van der Waals surface area contributed by atoms with Gasteiger partial charge in [-0.2, -0.15) is 0 Å². The van der Waals surface area contributed by atoms with E-state index in [1.165, 1.54) is 22.3 Å². The molecule has 0 saturated heterocycles. The third-order valence-corrected chi connectivity index (χ3v) is 4.04. The minimum atomic E-state index is -0.0619. The number of fused-ring (bicyclic) bond motifs is 1. The van der Waals surface area contributed by atoms with Crippen LogP contribution in [-0.2, 0) is 12.8 Å². The first-order chi connectivity index (χ1) is 9.78. The number of benzene rings is 2. The zero-order valence-corrected chi connectivity index (χ0v) is 11.9. The van der Waals surface area contributed by atoms with Gasteiger partial charge in [-0.25, -0.2) is 0 Å². The maximum absolute atomic E-state index is 6.40. The third-order valence-electron chi connectivity index (χ3n) is 4.04. The molecule has 2 heteroatoms. The largest absolute Gasteiger partial charge is 0.493 e. The zero-order valence-electron chi connectivity index (χ0n) is 11.9. The summed E-state index contributed by atoms with van der Waals surface area (Å²) < 4.78 is 5.65. The summed E-state index contributed by atoms with van der Waals surface area (Å²) in [6.45, 7) is 3.00. The highest BCUT2D eigenvalue weighted by Crippen LogP contribution is 2.29. The highest BCUT2D eigenvalue weighted by atomic mass is 16.5. The van der Waals surface area contributed by atoms with Gasteiger partial charge in [0, 0.05) is 0 Å². The number of aryl methyl sites for hydroxylation is 2. The van der Waals surface area contributed by atoms with Gasteiger partial charge in [0.1, 0.15) is 5.75 Å². The SMILES string of the molecule is CCc1ccc(C(N)c2ccc3c(c2)CCCO3)cc1. The lowest BCUT2D eigenvalue weighted by molar-refractivity contribution is 0.288. The summed E-state index contributed by atoms with van der Waals surface area (Å²) in [6, 6.07) is 14.9. The smallest absolute Gasteiger partial charge is 0.122 e. The summed E-state index contributed by atoms with van der Waals surface area (Å²) >= 11 is 0. The van der Waals surface area contributed by atoms with Crippen LogP contribution in [0.15, 0.2) is 42.5 Å². The Hall–Kier alpha value is -1.80. The molecule has 104 valence electrons. The molecule has 0 saturated carbocycles. The van der Waals surface area contributed by atoms with Gasteiger partial charge >= 0.3 is 0 Å². The molecule has 1 atom stereocenters. The van der Waals surface area contributed by atoms with Crippen LogP contribution in [0.4, 0.5) is 0 Å². The van der Waals surface area contributed by atoms with Crippen molar-refractivity contribution in [3.05, 3.63) is 64.7 Å². The van der Waals surface area contributed by atoms with Crippen LogP contribution in [0.2, 0.25) is 0 Å². The van der Waals surface area contributed by atoms with Crippen LogP contribution in [0.25, 0.3) is 0 Å². The Morgan fingerprint density at radius 2 is 1.85 bits per heavy atom. The lowest BCUT2D eigenvalue weighted by Crippen LogP contribution is -2.14. The molecule has 2 aromatic carbocycles. The predicted molar refractivity (Wildman–Crippen MR) is 82.1 cm³/mol. The molecule has 2 nitrogen and oxygen atoms in total. The Bertz CT molecular complexity index is 589. The summed E-state index contributed by atoms with van der Waals surface area (Å²) in [7, 11) is 0. The van der Waals surface area contributed by atoms with Crippen molar-refractivity contribution >= 4 is 0 Å². The Kier molecular flexibility index (Phi) is 3.75. The summed E-state index contributed by atoms with van der Waals surface area (Å²) in [5.74, 6) is 1.02. The van der Waals surface area contributed by atoms with Gasteiger partial charge in [0.15, 0.2) is 0 Å². The van der Waals surface area contributed by atoms with Gasteiger partial charge in [0.05, 0.1) is 12.6 Å². The van der Waals surface area contributed by atoms with Gasteiger partial charge in [-0.3, -0.25) is 0 Å². The van der Waals surface area contributed by atoms with Crippen molar-refractivity contribution in [2.24, 2.45) is 5.73 Å². The Morgan fingerprint density at radius 1 is 1.10 bits per heavy atom. The first kappa shape index (κ1) is 13.2. The van der Waals surface area contributed by atoms with E-state index in [1.54, 1.807) is 0 Å². The van der Waals surface area contributed by atoms with Crippen molar-refractivity contribution in [3.63, 3.8) is 0 Å². The molecule has 0 radical (unpaired) electrons. The average Bonchev–Trinajstić information content (AvgIpc) is 2.54. The molecule has 0 bridgehead atoms. The van der Waals surface area contributed by atoms with Crippen LogP contribution < -0.4 is 10.5 Å². The molecule has 0 aromatic heterocycles. The highest BCUT2D eigenvalue weighted by molar-refractivity contribution is 5.42. The molecule has 1 aliphatic rings. The molecule has 2 aromatic rings. The van der Waals surface area contributed by atoms with Gasteiger partial charge in [-0.05, 0) is 47.6 Å². The van der Waals surface area contributed by atoms with E-state index in [2.05, 4.69) is 49.4 Å². The second-order valence-electron chi connectivity index (χ2n) is 5.39. The standard InChI is InChI=1S/C18H21NO/c1-2-13-5-7-14(8-6-13)18(19)16-9-10-17-15(12-16)4-3-11-20-17/h5-10,12,18H,2-4,11,19H2,1H3. The van der Waals surface area contributed by atoms with Crippen LogP contribution in [0.3, 0.4) is 0 Å². The van der Waals surface area contributed by atoms with Crippen molar-refractivity contribution in [3.8, 4) is 5.75 Å². The normalized spacial score (nSPS) is 15.3. The van der Waals surface area contributed by atoms with Gasteiger partial charge in [0.25, 0.3) is 0 Å². The van der Waals surface area contributed by atoms with Crippen molar-refractivity contribution < 1.29 is 4.74 Å². The molecule has 3 rings (SSSR count). The molecular weight excluding hydrogens is 246 g/mol. The second-order valence-corrected chi connectivity index (χ2v) is 5.39. The number of hydrogen-bond donors (Lipinski definition) is 1. The molecule has 1 aliphatic heterocycles. The molecule has 0 fully saturated rings. The Labute approximate surface area is 120 Å². The first-order valence-electron chi connectivity index (χ1n) is 7.38. The van der Waals surface area contributed by atoms with Crippen molar-refractivity contribution in [2.45, 2.75) is 32.2 Å². The van der Waals surface area contributed by atoms with E-state index in [9.17, 15) is 0 Å². The third kappa shape index (κ3) is 2.56. The van der Waals surface area contributed by atoms with Gasteiger partial charge in [0.2, 0.25) is 0 Å². The molecule has 1 unspecified atom stereocenters. The van der Waals surface area contributed by atoms with Gasteiger partial charge in [-0.1, -0.05) is 43.3 Å². The first-order valence-corrected chi connectivity index (χ1v) is 7.38. The van der Waals surface area contributed by atoms with E-state index in [4.69, 9.17) is 10.5 Å². The highest BCUT2D eigenvalue weighted by Gasteiger charge is 2.14. The minimum absolute atomic E-state index is 0.0619. The summed E-state index contributed by atoms with van der Waals surface area (Å²) in [4.78, 5) is 0. The molecule has 20 heavy (non-hydrogen) atoms. The lowest BCUT2D eigenvalue weighted by Gasteiger charge is -2.20. The maximum Gasteiger partial charge on any atom is 0.122 e. The van der Waals surface area contributed by atoms with Crippen LogP contribution in [0, 0.1) is 0 Å². The Morgan fingerprint density at radius 3 is 2.60 bits per heavy atom. The number of ether oxygens (including phenoxy) is 1. The van der Waals surface area contributed by atoms with Gasteiger partial charge in [-0.15, -0.1) is 0 Å². The van der Waals surface area contributed by atoms with Crippen molar-refractivity contribution in [1.82, 2.24) is 0 Å².